The van der Waals surface area contributed by atoms with Gasteiger partial charge in [0.2, 0.25) is 54.4 Å². The van der Waals surface area contributed by atoms with E-state index >= 15 is 0 Å². The first-order valence-corrected chi connectivity index (χ1v) is 20.6. The predicted molar refractivity (Wildman–Crippen MR) is 228 cm³/mol. The number of hydrogen-bond acceptors (Lipinski definition) is 21. The van der Waals surface area contributed by atoms with Crippen molar-refractivity contribution in [3.05, 3.63) is 0 Å². The lowest BCUT2D eigenvalue weighted by atomic mass is 10.1. The second-order valence-electron chi connectivity index (χ2n) is 13.8. The molecule has 0 saturated carbocycles. The van der Waals surface area contributed by atoms with Gasteiger partial charge < -0.3 is 105 Å². The Hall–Kier alpha value is -5.79. The van der Waals surface area contributed by atoms with Gasteiger partial charge in [-0.1, -0.05) is 0 Å². The normalized spacial score (nSPS) is 24.7. The average molecular weight is 1060 g/mol. The van der Waals surface area contributed by atoms with E-state index in [2.05, 4.69) is 34.6 Å². The largest absolute Gasteiger partial charge is 0.417 e. The van der Waals surface area contributed by atoms with Gasteiger partial charge in [-0.25, -0.2) is 9.79 Å². The number of nitrogens with zero attached hydrogens (tertiary/aromatic N) is 1. The van der Waals surface area contributed by atoms with Crippen LogP contribution in [0.1, 0.15) is 39.0 Å². The first-order valence-electron chi connectivity index (χ1n) is 19.7. The molecule has 0 aromatic heterocycles. The van der Waals surface area contributed by atoms with Gasteiger partial charge in [0.15, 0.2) is 23.0 Å². The standard InChI is InChI=1S/C33H56IN15O17/c1-12(50)18(45-21(53)16(5-10-38)44-33(65)66-34)24(56)48-29(61)27(59)43-17-6-11-39-25(57)26(58)46-22(54)14(3-8-36)40-19(51)13(2-7-35)42-28(60)30(62)49-32(64)31(63)47-23(55)15(4-9-37)41-20(17)52/h12,14-18,26,29-31,50,58,61-63H,2-11,35-38H2,1H3,(H,39,57)(H,40,51)(H,41,52)(H,43,59)(H,44,65)(H,45,53)(H,46,54)(H,47,55)(H,48,56)(H,49,64)/b42-13-/t12-,14+,15+,16+,17+,18+,26+,29?,30+,31-/m1/s1. The Bertz CT molecular complexity index is 1790. The number of aliphatic hydroxyl groups excluding tert-OH is 5. The number of aliphatic hydroxyl groups is 5. The van der Waals surface area contributed by atoms with E-state index in [9.17, 15) is 78.3 Å². The first kappa shape index (κ1) is 58.2. The van der Waals surface area contributed by atoms with Crippen molar-refractivity contribution in [3.63, 3.8) is 0 Å². The van der Waals surface area contributed by atoms with E-state index in [-0.39, 0.29) is 39.0 Å². The molecule has 32 nitrogen and oxygen atoms in total. The quantitative estimate of drug-likeness (QED) is 0.0504. The molecule has 1 aliphatic rings. The molecular weight excluding hydrogens is 1010 g/mol. The number of carbonyl (C=O) groups excluding carboxylic acids is 11. The third kappa shape index (κ3) is 19.8. The van der Waals surface area contributed by atoms with Crippen LogP contribution in [0.3, 0.4) is 0 Å². The fourth-order valence-electron chi connectivity index (χ4n) is 5.32. The summed E-state index contributed by atoms with van der Waals surface area (Å²) >= 11 is 1.23. The summed E-state index contributed by atoms with van der Waals surface area (Å²) < 4.78 is 4.42. The highest BCUT2D eigenvalue weighted by molar-refractivity contribution is 14.1. The van der Waals surface area contributed by atoms with Crippen molar-refractivity contribution in [2.24, 2.45) is 27.9 Å². The van der Waals surface area contributed by atoms with Crippen LogP contribution in [0.15, 0.2) is 4.99 Å². The summed E-state index contributed by atoms with van der Waals surface area (Å²) in [5.74, 6) is -13.5. The lowest BCUT2D eigenvalue weighted by Gasteiger charge is -2.26. The maximum Gasteiger partial charge on any atom is 0.417 e. The second kappa shape index (κ2) is 29.7. The van der Waals surface area contributed by atoms with Crippen LogP contribution >= 0.6 is 23.0 Å². The molecule has 1 unspecified atom stereocenters. The molecule has 66 heavy (non-hydrogen) atoms. The Morgan fingerprint density at radius 2 is 1.27 bits per heavy atom. The van der Waals surface area contributed by atoms with Crippen LogP contribution in [-0.2, 0) is 51.0 Å². The van der Waals surface area contributed by atoms with E-state index in [1.807, 2.05) is 10.6 Å². The summed E-state index contributed by atoms with van der Waals surface area (Å²) in [7, 11) is 0. The summed E-state index contributed by atoms with van der Waals surface area (Å²) in [4.78, 5) is 145. The highest BCUT2D eigenvalue weighted by atomic mass is 127. The Morgan fingerprint density at radius 1 is 0.712 bits per heavy atom. The molecule has 372 valence electrons. The van der Waals surface area contributed by atoms with Crippen molar-refractivity contribution in [2.75, 3.05) is 32.7 Å². The Labute approximate surface area is 388 Å². The molecule has 0 fully saturated rings. The average Bonchev–Trinajstić information content (AvgIpc) is 3.25. The highest BCUT2D eigenvalue weighted by Crippen LogP contribution is 2.04. The molecule has 1 heterocycles. The van der Waals surface area contributed by atoms with Gasteiger partial charge in [0.25, 0.3) is 29.5 Å². The fourth-order valence-corrected chi connectivity index (χ4v) is 5.45. The second-order valence-corrected chi connectivity index (χ2v) is 14.3. The lowest BCUT2D eigenvalue weighted by Crippen LogP contribution is -2.61. The zero-order valence-electron chi connectivity index (χ0n) is 35.1. The van der Waals surface area contributed by atoms with Crippen molar-refractivity contribution in [1.82, 2.24) is 53.2 Å². The maximum absolute atomic E-state index is 13.6. The first-order chi connectivity index (χ1) is 31.0. The van der Waals surface area contributed by atoms with Crippen molar-refractivity contribution in [2.45, 2.75) is 100 Å². The fraction of sp³-hybridized carbons (Fsp3) is 0.636. The van der Waals surface area contributed by atoms with Crippen LogP contribution in [0.25, 0.3) is 0 Å². The minimum atomic E-state index is -2.56. The molecule has 0 aromatic carbocycles. The van der Waals surface area contributed by atoms with E-state index in [1.54, 1.807) is 16.0 Å². The number of amides is 11. The molecule has 0 aliphatic carbocycles. The zero-order chi connectivity index (χ0) is 50.3. The molecule has 0 bridgehead atoms. The monoisotopic (exact) mass is 1060 g/mol. The van der Waals surface area contributed by atoms with Crippen LogP contribution in [0.4, 0.5) is 4.79 Å². The molecule has 10 atom stereocenters. The molecule has 23 N–H and O–H groups in total. The Morgan fingerprint density at radius 3 is 1.80 bits per heavy atom. The zero-order valence-corrected chi connectivity index (χ0v) is 37.3. The van der Waals surface area contributed by atoms with Gasteiger partial charge in [0.1, 0.15) is 35.9 Å². The molecule has 11 amide bonds. The molecule has 1 rings (SSSR count). The molecule has 0 radical (unpaired) electrons. The van der Waals surface area contributed by atoms with E-state index < -0.39 is 158 Å². The van der Waals surface area contributed by atoms with Gasteiger partial charge in [-0.05, 0) is 58.8 Å². The Kier molecular flexibility index (Phi) is 26.2. The summed E-state index contributed by atoms with van der Waals surface area (Å²) in [6.07, 6.45) is -14.7. The van der Waals surface area contributed by atoms with E-state index in [4.69, 9.17) is 22.9 Å². The van der Waals surface area contributed by atoms with E-state index in [1.165, 1.54) is 23.0 Å². The third-order valence-corrected chi connectivity index (χ3v) is 9.11. The van der Waals surface area contributed by atoms with Crippen LogP contribution < -0.4 is 76.1 Å². The maximum atomic E-state index is 13.6. The van der Waals surface area contributed by atoms with E-state index in [0.29, 0.717) is 0 Å². The van der Waals surface area contributed by atoms with Gasteiger partial charge in [-0.2, -0.15) is 0 Å². The van der Waals surface area contributed by atoms with Crippen molar-refractivity contribution in [1.29, 1.82) is 0 Å². The van der Waals surface area contributed by atoms with Gasteiger partial charge in [-0.15, -0.1) is 0 Å². The van der Waals surface area contributed by atoms with Crippen molar-refractivity contribution in [3.8, 4) is 0 Å². The van der Waals surface area contributed by atoms with E-state index in [0.717, 1.165) is 6.92 Å². The highest BCUT2D eigenvalue weighted by Gasteiger charge is 2.35. The molecule has 1 aliphatic heterocycles. The van der Waals surface area contributed by atoms with Crippen molar-refractivity contribution < 1.29 is 81.3 Å². The predicted octanol–water partition coefficient (Wildman–Crippen LogP) is -11.6. The molecule has 0 saturated heterocycles. The van der Waals surface area contributed by atoms with Crippen molar-refractivity contribution >= 4 is 93.9 Å². The summed E-state index contributed by atoms with van der Waals surface area (Å²) in [6.45, 7) is -0.625. The minimum Gasteiger partial charge on any atom is -0.391 e. The number of hydrogen-bond donors (Lipinski definition) is 19. The van der Waals surface area contributed by atoms with Crippen LogP contribution in [-0.4, -0.2) is 190 Å². The Balaban J connectivity index is 3.51. The van der Waals surface area contributed by atoms with Crippen LogP contribution in [0.5, 0.6) is 0 Å². The third-order valence-electron chi connectivity index (χ3n) is 8.71. The molecule has 0 spiro atoms. The lowest BCUT2D eigenvalue weighted by molar-refractivity contribution is -0.143. The van der Waals surface area contributed by atoms with Crippen LogP contribution in [0.2, 0.25) is 0 Å². The summed E-state index contributed by atoms with van der Waals surface area (Å²) in [5.41, 5.74) is 21.4. The van der Waals surface area contributed by atoms with Gasteiger partial charge in [0, 0.05) is 13.0 Å². The molecule has 0 aromatic rings. The number of nitrogens with one attached hydrogen (secondary N) is 10. The summed E-state index contributed by atoms with van der Waals surface area (Å²) in [6, 6.07) is -8.46. The SMILES string of the molecule is C[C@@H](O)[C@H](NC(=O)[C@H](CCN)NC(=O)OI)C(=O)NC(O)C(=O)N[C@H]1CCNC(=O)[C@H](O)NC(=O)[C@H](CCN)NC(=O)/C(CCN)=N\C(=O)[C@H](O)NC(=O)[C@@H](O)NC(=O)[C@H](CCN)NC1=O. The van der Waals surface area contributed by atoms with Gasteiger partial charge >= 0.3 is 6.09 Å². The number of halogens is 1. The number of carbonyl (C=O) groups is 11. The molecule has 33 heteroatoms. The smallest absolute Gasteiger partial charge is 0.391 e. The number of nitrogens with two attached hydrogens (primary N) is 4. The minimum absolute atomic E-state index is 0.131. The topological polar surface area (TPSA) is 535 Å². The number of rotatable bonds is 16. The van der Waals surface area contributed by atoms with Crippen LogP contribution in [0, 0.1) is 0 Å². The number of aliphatic imine (C=N–C) groups is 1. The van der Waals surface area contributed by atoms with Gasteiger partial charge in [-0.3, -0.25) is 47.9 Å². The molecular formula is C33H56IN15O17. The summed E-state index contributed by atoms with van der Waals surface area (Å²) in [5, 5.41) is 72.0. The van der Waals surface area contributed by atoms with Gasteiger partial charge in [0.05, 0.1) is 6.10 Å².